The van der Waals surface area contributed by atoms with Crippen molar-refractivity contribution in [1.29, 1.82) is 0 Å². The fourth-order valence-corrected chi connectivity index (χ4v) is 0.776. The number of alkyl halides is 3. The Bertz CT molecular complexity index is 301. The number of hydrogen-bond acceptors (Lipinski definition) is 5. The van der Waals surface area contributed by atoms with Gasteiger partial charge >= 0.3 is 6.18 Å². The lowest BCUT2D eigenvalue weighted by atomic mass is 10.5. The van der Waals surface area contributed by atoms with Crippen molar-refractivity contribution in [2.24, 2.45) is 5.84 Å². The molecule has 0 aliphatic rings. The van der Waals surface area contributed by atoms with Gasteiger partial charge in [0, 0.05) is 13.1 Å². The Hall–Kier alpha value is -1.57. The zero-order valence-electron chi connectivity index (χ0n) is 7.18. The number of hydrogen-bond donors (Lipinski definition) is 3. The molecule has 0 radical (unpaired) electrons. The lowest BCUT2D eigenvalue weighted by Crippen LogP contribution is -2.16. The van der Waals surface area contributed by atoms with Gasteiger partial charge in [0.2, 0.25) is 5.82 Å². The summed E-state index contributed by atoms with van der Waals surface area (Å²) in [6.07, 6.45) is -4.58. The van der Waals surface area contributed by atoms with Crippen LogP contribution < -0.4 is 16.6 Å². The first-order chi connectivity index (χ1) is 6.47. The molecule has 0 bridgehead atoms. The van der Waals surface area contributed by atoms with Crippen LogP contribution in [0.1, 0.15) is 5.82 Å². The van der Waals surface area contributed by atoms with Gasteiger partial charge in [-0.1, -0.05) is 0 Å². The van der Waals surface area contributed by atoms with Gasteiger partial charge in [0.15, 0.2) is 0 Å². The topological polar surface area (TPSA) is 75.9 Å². The van der Waals surface area contributed by atoms with Crippen molar-refractivity contribution in [3.05, 3.63) is 11.9 Å². The minimum atomic E-state index is -4.58. The molecule has 78 valence electrons. The van der Waals surface area contributed by atoms with Gasteiger partial charge in [-0.2, -0.15) is 13.2 Å². The third kappa shape index (κ3) is 2.22. The first-order valence-corrected chi connectivity index (χ1v) is 3.58. The average molecular weight is 207 g/mol. The van der Waals surface area contributed by atoms with E-state index >= 15 is 0 Å². The second-order valence-electron chi connectivity index (χ2n) is 2.35. The van der Waals surface area contributed by atoms with Crippen molar-refractivity contribution in [3.8, 4) is 0 Å². The molecule has 0 spiro atoms. The van der Waals surface area contributed by atoms with Gasteiger partial charge in [-0.05, 0) is 0 Å². The Morgan fingerprint density at radius 1 is 1.29 bits per heavy atom. The van der Waals surface area contributed by atoms with Crippen LogP contribution in [-0.4, -0.2) is 17.0 Å². The minimum Gasteiger partial charge on any atom is -0.373 e. The molecule has 1 rings (SSSR count). The Labute approximate surface area is 77.5 Å². The predicted octanol–water partition coefficient (Wildman–Crippen LogP) is 0.823. The number of aromatic nitrogens is 2. The van der Waals surface area contributed by atoms with E-state index in [0.29, 0.717) is 0 Å². The van der Waals surface area contributed by atoms with Gasteiger partial charge in [0.25, 0.3) is 0 Å². The molecule has 1 heterocycles. The fourth-order valence-electron chi connectivity index (χ4n) is 0.776. The van der Waals surface area contributed by atoms with Crippen LogP contribution in [0.5, 0.6) is 0 Å². The van der Waals surface area contributed by atoms with E-state index in [2.05, 4.69) is 15.3 Å². The molecule has 0 fully saturated rings. The second-order valence-corrected chi connectivity index (χ2v) is 2.35. The largest absolute Gasteiger partial charge is 0.451 e. The maximum atomic E-state index is 12.2. The van der Waals surface area contributed by atoms with Crippen molar-refractivity contribution in [2.75, 3.05) is 17.8 Å². The first kappa shape index (κ1) is 10.5. The highest BCUT2D eigenvalue weighted by Crippen LogP contribution is 2.27. The third-order valence-electron chi connectivity index (χ3n) is 1.38. The molecule has 0 unspecified atom stereocenters. The summed E-state index contributed by atoms with van der Waals surface area (Å²) in [7, 11) is 1.45. The summed E-state index contributed by atoms with van der Waals surface area (Å²) in [4.78, 5) is 6.39. The predicted molar refractivity (Wildman–Crippen MR) is 44.4 cm³/mol. The Morgan fingerprint density at radius 2 is 1.86 bits per heavy atom. The van der Waals surface area contributed by atoms with Crippen LogP contribution in [0.2, 0.25) is 0 Å². The second kappa shape index (κ2) is 3.66. The summed E-state index contributed by atoms with van der Waals surface area (Å²) >= 11 is 0. The molecule has 0 saturated carbocycles. The molecular formula is C6H8F3N5. The van der Waals surface area contributed by atoms with E-state index < -0.39 is 12.0 Å². The molecule has 8 heteroatoms. The molecular weight excluding hydrogens is 199 g/mol. The number of nitrogens with one attached hydrogen (secondary N) is 2. The Morgan fingerprint density at radius 3 is 2.29 bits per heavy atom. The molecule has 1 aromatic rings. The van der Waals surface area contributed by atoms with Gasteiger partial charge < -0.3 is 10.7 Å². The smallest absolute Gasteiger partial charge is 0.373 e. The van der Waals surface area contributed by atoms with Crippen molar-refractivity contribution in [2.45, 2.75) is 6.18 Å². The molecule has 0 saturated heterocycles. The Kier molecular flexibility index (Phi) is 2.75. The molecule has 0 atom stereocenters. The van der Waals surface area contributed by atoms with E-state index in [1.165, 1.54) is 13.1 Å². The lowest BCUT2D eigenvalue weighted by Gasteiger charge is -2.08. The highest BCUT2D eigenvalue weighted by atomic mass is 19.4. The third-order valence-corrected chi connectivity index (χ3v) is 1.38. The van der Waals surface area contributed by atoms with E-state index in [0.717, 1.165) is 0 Å². The van der Waals surface area contributed by atoms with Gasteiger partial charge in [0.1, 0.15) is 11.6 Å². The van der Waals surface area contributed by atoms with Gasteiger partial charge in [-0.25, -0.2) is 15.8 Å². The van der Waals surface area contributed by atoms with Gasteiger partial charge in [-0.3, -0.25) is 0 Å². The molecule has 0 aromatic carbocycles. The minimum absolute atomic E-state index is 0.0419. The van der Waals surface area contributed by atoms with Crippen LogP contribution in [-0.2, 0) is 6.18 Å². The van der Waals surface area contributed by atoms with Crippen molar-refractivity contribution >= 4 is 11.6 Å². The Balaban J connectivity index is 3.17. The summed E-state index contributed by atoms with van der Waals surface area (Å²) < 4.78 is 36.6. The van der Waals surface area contributed by atoms with Crippen LogP contribution >= 0.6 is 0 Å². The molecule has 14 heavy (non-hydrogen) atoms. The van der Waals surface area contributed by atoms with Gasteiger partial charge in [0.05, 0.1) is 0 Å². The van der Waals surface area contributed by atoms with Crippen LogP contribution in [0.3, 0.4) is 0 Å². The normalized spacial score (nSPS) is 11.2. The zero-order chi connectivity index (χ0) is 10.8. The molecule has 5 nitrogen and oxygen atoms in total. The molecule has 0 aliphatic carbocycles. The first-order valence-electron chi connectivity index (χ1n) is 3.58. The van der Waals surface area contributed by atoms with Crippen molar-refractivity contribution in [1.82, 2.24) is 9.97 Å². The van der Waals surface area contributed by atoms with Crippen LogP contribution in [0.4, 0.5) is 24.8 Å². The molecule has 0 amide bonds. The van der Waals surface area contributed by atoms with Crippen LogP contribution in [0, 0.1) is 0 Å². The number of nitrogens with two attached hydrogens (primary N) is 1. The summed E-state index contributed by atoms with van der Waals surface area (Å²) in [5, 5.41) is 2.47. The van der Waals surface area contributed by atoms with E-state index in [-0.39, 0.29) is 11.6 Å². The van der Waals surface area contributed by atoms with Crippen molar-refractivity contribution < 1.29 is 13.2 Å². The number of rotatable bonds is 2. The maximum absolute atomic E-state index is 12.2. The molecule has 4 N–H and O–H groups in total. The van der Waals surface area contributed by atoms with Crippen LogP contribution in [0.25, 0.3) is 0 Å². The summed E-state index contributed by atoms with van der Waals surface area (Å²) in [5.41, 5.74) is 2.02. The number of anilines is 2. The number of nitrogen functional groups attached to an aromatic ring is 1. The number of halogens is 3. The van der Waals surface area contributed by atoms with Crippen LogP contribution in [0.15, 0.2) is 6.07 Å². The highest BCUT2D eigenvalue weighted by Gasteiger charge is 2.35. The quantitative estimate of drug-likeness (QED) is 0.494. The summed E-state index contributed by atoms with van der Waals surface area (Å²) in [5.74, 6) is 3.65. The van der Waals surface area contributed by atoms with E-state index in [1.54, 1.807) is 0 Å². The van der Waals surface area contributed by atoms with Crippen molar-refractivity contribution in [3.63, 3.8) is 0 Å². The van der Waals surface area contributed by atoms with E-state index in [4.69, 9.17) is 5.84 Å². The SMILES string of the molecule is CNc1cc(NN)nc(C(F)(F)F)n1. The average Bonchev–Trinajstić information content (AvgIpc) is 2.15. The van der Waals surface area contributed by atoms with E-state index in [1.807, 2.05) is 5.43 Å². The molecule has 0 aliphatic heterocycles. The maximum Gasteiger partial charge on any atom is 0.451 e. The van der Waals surface area contributed by atoms with E-state index in [9.17, 15) is 13.2 Å². The summed E-state index contributed by atoms with van der Waals surface area (Å²) in [6.45, 7) is 0. The monoisotopic (exact) mass is 207 g/mol. The standard InChI is InChI=1S/C6H8F3N5/c1-11-3-2-4(14-10)13-5(12-3)6(7,8)9/h2H,10H2,1H3,(H2,11,12,13,14). The fraction of sp³-hybridized carbons (Fsp3) is 0.333. The number of hydrazine groups is 1. The van der Waals surface area contributed by atoms with Gasteiger partial charge in [-0.15, -0.1) is 0 Å². The molecule has 1 aromatic heterocycles. The lowest BCUT2D eigenvalue weighted by molar-refractivity contribution is -0.144. The number of nitrogens with zero attached hydrogens (tertiary/aromatic N) is 2. The summed E-state index contributed by atoms with van der Waals surface area (Å²) in [6, 6.07) is 1.26. The highest BCUT2D eigenvalue weighted by molar-refractivity contribution is 5.46. The zero-order valence-corrected chi connectivity index (χ0v) is 7.18.